The third-order valence-corrected chi connectivity index (χ3v) is 7.46. The summed E-state index contributed by atoms with van der Waals surface area (Å²) < 4.78 is 1.89. The fraction of sp³-hybridized carbons (Fsp3) is 0.348. The SMILES string of the molecule is CN1CCN(C(=O)CSc2nc3ccc(NC(=O)CCc4ccccc4)cc3s2)CC1. The number of carbonyl (C=O) groups is 2. The van der Waals surface area contributed by atoms with E-state index in [1.165, 1.54) is 11.8 Å². The Hall–Kier alpha value is -2.42. The van der Waals surface area contributed by atoms with Crippen LogP contribution in [0.4, 0.5) is 5.69 Å². The first-order valence-electron chi connectivity index (χ1n) is 10.4. The van der Waals surface area contributed by atoms with Gasteiger partial charge in [-0.1, -0.05) is 42.1 Å². The van der Waals surface area contributed by atoms with Crippen molar-refractivity contribution in [1.82, 2.24) is 14.8 Å². The zero-order chi connectivity index (χ0) is 21.6. The summed E-state index contributed by atoms with van der Waals surface area (Å²) in [5, 5.41) is 2.98. The molecule has 1 N–H and O–H groups in total. The monoisotopic (exact) mass is 454 g/mol. The molecule has 162 valence electrons. The normalized spacial score (nSPS) is 14.7. The lowest BCUT2D eigenvalue weighted by atomic mass is 10.1. The fourth-order valence-electron chi connectivity index (χ4n) is 3.44. The number of anilines is 1. The molecule has 1 aromatic heterocycles. The average molecular weight is 455 g/mol. The number of benzene rings is 2. The molecule has 2 aromatic carbocycles. The lowest BCUT2D eigenvalue weighted by Crippen LogP contribution is -2.47. The predicted octanol–water partition coefficient (Wildman–Crippen LogP) is 3.73. The Kier molecular flexibility index (Phi) is 7.21. The predicted molar refractivity (Wildman–Crippen MR) is 128 cm³/mol. The highest BCUT2D eigenvalue weighted by atomic mass is 32.2. The van der Waals surface area contributed by atoms with Gasteiger partial charge < -0.3 is 15.1 Å². The molecule has 0 bridgehead atoms. The third kappa shape index (κ3) is 6.06. The van der Waals surface area contributed by atoms with Crippen LogP contribution in [0.15, 0.2) is 52.9 Å². The summed E-state index contributed by atoms with van der Waals surface area (Å²) >= 11 is 3.05. The summed E-state index contributed by atoms with van der Waals surface area (Å²) in [6.45, 7) is 3.45. The number of thiazole rings is 1. The minimum Gasteiger partial charge on any atom is -0.339 e. The number of likely N-dealkylation sites (N-methyl/N-ethyl adjacent to an activating group) is 1. The quantitative estimate of drug-likeness (QED) is 0.551. The Morgan fingerprint density at radius 3 is 2.65 bits per heavy atom. The van der Waals surface area contributed by atoms with Crippen LogP contribution in [0.25, 0.3) is 10.2 Å². The topological polar surface area (TPSA) is 65.5 Å². The van der Waals surface area contributed by atoms with Crippen molar-refractivity contribution in [3.8, 4) is 0 Å². The molecule has 4 rings (SSSR count). The van der Waals surface area contributed by atoms with Gasteiger partial charge in [0.2, 0.25) is 11.8 Å². The van der Waals surface area contributed by atoms with Crippen molar-refractivity contribution in [2.75, 3.05) is 44.3 Å². The summed E-state index contributed by atoms with van der Waals surface area (Å²) in [6, 6.07) is 15.8. The van der Waals surface area contributed by atoms with Crippen molar-refractivity contribution in [3.63, 3.8) is 0 Å². The van der Waals surface area contributed by atoms with Gasteiger partial charge in [-0.15, -0.1) is 11.3 Å². The van der Waals surface area contributed by atoms with E-state index >= 15 is 0 Å². The smallest absolute Gasteiger partial charge is 0.233 e. The summed E-state index contributed by atoms with van der Waals surface area (Å²) in [5.74, 6) is 0.580. The maximum absolute atomic E-state index is 12.4. The summed E-state index contributed by atoms with van der Waals surface area (Å²) in [4.78, 5) is 33.6. The van der Waals surface area contributed by atoms with Crippen molar-refractivity contribution < 1.29 is 9.59 Å². The van der Waals surface area contributed by atoms with Crippen molar-refractivity contribution in [3.05, 3.63) is 54.1 Å². The molecule has 0 spiro atoms. The maximum Gasteiger partial charge on any atom is 0.233 e. The molecule has 0 unspecified atom stereocenters. The lowest BCUT2D eigenvalue weighted by molar-refractivity contribution is -0.129. The Balaban J connectivity index is 1.30. The molecule has 6 nitrogen and oxygen atoms in total. The molecular formula is C23H26N4O2S2. The second kappa shape index (κ2) is 10.3. The minimum absolute atomic E-state index is 0.0000833. The Morgan fingerprint density at radius 1 is 1.10 bits per heavy atom. The first-order valence-corrected chi connectivity index (χ1v) is 12.2. The van der Waals surface area contributed by atoms with E-state index < -0.39 is 0 Å². The molecule has 0 saturated carbocycles. The average Bonchev–Trinajstić information content (AvgIpc) is 3.19. The van der Waals surface area contributed by atoms with E-state index in [0.717, 1.165) is 58.4 Å². The van der Waals surface area contributed by atoms with Gasteiger partial charge in [-0.2, -0.15) is 0 Å². The first-order chi connectivity index (χ1) is 15.1. The second-order valence-electron chi connectivity index (χ2n) is 7.67. The molecule has 8 heteroatoms. The highest BCUT2D eigenvalue weighted by molar-refractivity contribution is 8.01. The Morgan fingerprint density at radius 2 is 1.87 bits per heavy atom. The number of rotatable bonds is 7. The largest absolute Gasteiger partial charge is 0.339 e. The van der Waals surface area contributed by atoms with Crippen LogP contribution in [0, 0.1) is 0 Å². The van der Waals surface area contributed by atoms with E-state index in [4.69, 9.17) is 0 Å². The van der Waals surface area contributed by atoms with Crippen molar-refractivity contribution in [2.45, 2.75) is 17.2 Å². The number of fused-ring (bicyclic) bond motifs is 1. The summed E-state index contributed by atoms with van der Waals surface area (Å²) in [6.07, 6.45) is 1.16. The van der Waals surface area contributed by atoms with Gasteiger partial charge in [0, 0.05) is 38.3 Å². The van der Waals surface area contributed by atoms with Gasteiger partial charge in [0.25, 0.3) is 0 Å². The molecule has 3 aromatic rings. The number of piperazine rings is 1. The van der Waals surface area contributed by atoms with Crippen molar-refractivity contribution in [2.24, 2.45) is 0 Å². The molecule has 31 heavy (non-hydrogen) atoms. The number of hydrogen-bond donors (Lipinski definition) is 1. The molecule has 1 saturated heterocycles. The molecule has 1 fully saturated rings. The van der Waals surface area contributed by atoms with E-state index in [1.807, 2.05) is 53.4 Å². The number of aryl methyl sites for hydroxylation is 1. The molecule has 1 aliphatic rings. The fourth-order valence-corrected chi connectivity index (χ4v) is 5.45. The van der Waals surface area contributed by atoms with Gasteiger partial charge in [-0.25, -0.2) is 4.98 Å². The molecule has 2 amide bonds. The van der Waals surface area contributed by atoms with Crippen molar-refractivity contribution >= 4 is 50.8 Å². The van der Waals surface area contributed by atoms with Gasteiger partial charge in [-0.05, 0) is 37.2 Å². The number of hydrogen-bond acceptors (Lipinski definition) is 6. The maximum atomic E-state index is 12.4. The second-order valence-corrected chi connectivity index (χ2v) is 9.92. The first kappa shape index (κ1) is 21.8. The van der Waals surface area contributed by atoms with Gasteiger partial charge >= 0.3 is 0 Å². The van der Waals surface area contributed by atoms with Gasteiger partial charge in [0.05, 0.1) is 16.0 Å². The minimum atomic E-state index is 0.0000833. The zero-order valence-corrected chi connectivity index (χ0v) is 19.2. The van der Waals surface area contributed by atoms with Crippen LogP contribution < -0.4 is 5.32 Å². The van der Waals surface area contributed by atoms with E-state index in [0.29, 0.717) is 12.2 Å². The molecule has 0 atom stereocenters. The van der Waals surface area contributed by atoms with E-state index in [-0.39, 0.29) is 11.8 Å². The van der Waals surface area contributed by atoms with Crippen LogP contribution in [0.1, 0.15) is 12.0 Å². The number of nitrogens with zero attached hydrogens (tertiary/aromatic N) is 3. The number of carbonyl (C=O) groups excluding carboxylic acids is 2. The lowest BCUT2D eigenvalue weighted by Gasteiger charge is -2.32. The number of aromatic nitrogens is 1. The van der Waals surface area contributed by atoms with Crippen LogP contribution in [0.5, 0.6) is 0 Å². The zero-order valence-electron chi connectivity index (χ0n) is 17.5. The van der Waals surface area contributed by atoms with Crippen LogP contribution in [-0.2, 0) is 16.0 Å². The van der Waals surface area contributed by atoms with Gasteiger partial charge in [0.15, 0.2) is 4.34 Å². The van der Waals surface area contributed by atoms with E-state index in [9.17, 15) is 9.59 Å². The molecule has 1 aliphatic heterocycles. The molecule has 0 aliphatic carbocycles. The highest BCUT2D eigenvalue weighted by Gasteiger charge is 2.19. The number of thioether (sulfide) groups is 1. The van der Waals surface area contributed by atoms with Crippen LogP contribution >= 0.6 is 23.1 Å². The van der Waals surface area contributed by atoms with E-state index in [2.05, 4.69) is 22.2 Å². The molecular weight excluding hydrogens is 428 g/mol. The Bertz CT molecular complexity index is 1050. The summed E-state index contributed by atoms with van der Waals surface area (Å²) in [7, 11) is 2.08. The summed E-state index contributed by atoms with van der Waals surface area (Å²) in [5.41, 5.74) is 2.82. The highest BCUT2D eigenvalue weighted by Crippen LogP contribution is 2.31. The number of nitrogens with one attached hydrogen (secondary N) is 1. The van der Waals surface area contributed by atoms with Gasteiger partial charge in [-0.3, -0.25) is 9.59 Å². The van der Waals surface area contributed by atoms with Crippen LogP contribution in [0.3, 0.4) is 0 Å². The number of amides is 2. The third-order valence-electron chi connectivity index (χ3n) is 5.31. The van der Waals surface area contributed by atoms with Crippen molar-refractivity contribution in [1.29, 1.82) is 0 Å². The Labute approximate surface area is 190 Å². The molecule has 0 radical (unpaired) electrons. The van der Waals surface area contributed by atoms with Crippen LogP contribution in [0.2, 0.25) is 0 Å². The van der Waals surface area contributed by atoms with Gasteiger partial charge in [0.1, 0.15) is 0 Å². The molecule has 2 heterocycles. The standard InChI is InChI=1S/C23H26N4O2S2/c1-26-11-13-27(14-12-26)22(29)16-30-23-25-19-9-8-18(15-20(19)31-23)24-21(28)10-7-17-5-3-2-4-6-17/h2-6,8-9,15H,7,10-14,16H2,1H3,(H,24,28). The van der Waals surface area contributed by atoms with E-state index in [1.54, 1.807) is 11.3 Å². The van der Waals surface area contributed by atoms with Crippen LogP contribution in [-0.4, -0.2) is 65.6 Å².